The molecule has 0 saturated heterocycles. The van der Waals surface area contributed by atoms with E-state index in [2.05, 4.69) is 161 Å². The van der Waals surface area contributed by atoms with Gasteiger partial charge >= 0.3 is 0 Å². The largest absolute Gasteiger partial charge is 0.309 e. The van der Waals surface area contributed by atoms with Gasteiger partial charge in [0.05, 0.1) is 22.6 Å². The fourth-order valence-electron chi connectivity index (χ4n) is 8.32. The topological polar surface area (TPSA) is 46.8 Å². The molecule has 8 aromatic carbocycles. The predicted octanol–water partition coefficient (Wildman–Crippen LogP) is 13.6. The van der Waals surface area contributed by atoms with Crippen LogP contribution in [0.2, 0.25) is 0 Å². The van der Waals surface area contributed by atoms with Gasteiger partial charge in [-0.2, -0.15) is 0 Å². The quantitative estimate of drug-likeness (QED) is 0.170. The zero-order valence-corrected chi connectivity index (χ0v) is 31.4. The number of anilines is 3. The van der Waals surface area contributed by atoms with Crippen molar-refractivity contribution in [2.24, 2.45) is 0 Å². The maximum absolute atomic E-state index is 4.93. The molecule has 0 unspecified atom stereocenters. The third-order valence-electron chi connectivity index (χ3n) is 11.0. The van der Waals surface area contributed by atoms with E-state index in [0.29, 0.717) is 17.5 Å². The molecule has 10 aromatic rings. The Hall–Kier alpha value is -7.89. The molecular formula is C53H35N5. The van der Waals surface area contributed by atoms with Crippen LogP contribution < -0.4 is 4.90 Å². The Bertz CT molecular complexity index is 3020. The molecule has 0 atom stereocenters. The van der Waals surface area contributed by atoms with E-state index in [0.717, 1.165) is 50.6 Å². The van der Waals surface area contributed by atoms with Gasteiger partial charge in [0.2, 0.25) is 0 Å². The van der Waals surface area contributed by atoms with Crippen molar-refractivity contribution in [3.8, 4) is 73.4 Å². The van der Waals surface area contributed by atoms with Gasteiger partial charge < -0.3 is 9.47 Å². The van der Waals surface area contributed by atoms with Crippen LogP contribution >= 0.6 is 0 Å². The molecule has 0 bridgehead atoms. The van der Waals surface area contributed by atoms with Crippen molar-refractivity contribution in [3.05, 3.63) is 212 Å². The van der Waals surface area contributed by atoms with Crippen LogP contribution in [-0.2, 0) is 0 Å². The molecule has 11 rings (SSSR count). The van der Waals surface area contributed by atoms with Gasteiger partial charge in [-0.05, 0) is 53.6 Å². The summed E-state index contributed by atoms with van der Waals surface area (Å²) in [5.41, 5.74) is 15.6. The molecular weight excluding hydrogens is 707 g/mol. The van der Waals surface area contributed by atoms with Gasteiger partial charge in [0.25, 0.3) is 0 Å². The summed E-state index contributed by atoms with van der Waals surface area (Å²) in [5.74, 6) is 1.94. The zero-order valence-electron chi connectivity index (χ0n) is 31.4. The first-order valence-electron chi connectivity index (χ1n) is 19.5. The van der Waals surface area contributed by atoms with Crippen LogP contribution in [0.25, 0.3) is 84.3 Å². The summed E-state index contributed by atoms with van der Waals surface area (Å²) in [6.07, 6.45) is 0. The molecule has 1 aliphatic heterocycles. The highest BCUT2D eigenvalue weighted by Crippen LogP contribution is 2.54. The maximum Gasteiger partial charge on any atom is 0.164 e. The van der Waals surface area contributed by atoms with Crippen LogP contribution in [0, 0.1) is 0 Å². The molecule has 0 aliphatic carbocycles. The summed E-state index contributed by atoms with van der Waals surface area (Å²) in [6.45, 7) is 0. The number of para-hydroxylation sites is 4. The number of nitrogens with zero attached hydrogens (tertiary/aromatic N) is 5. The summed E-state index contributed by atoms with van der Waals surface area (Å²) in [4.78, 5) is 17.1. The van der Waals surface area contributed by atoms with Crippen LogP contribution in [0.3, 0.4) is 0 Å². The van der Waals surface area contributed by atoms with Crippen molar-refractivity contribution in [3.63, 3.8) is 0 Å². The number of benzene rings is 8. The van der Waals surface area contributed by atoms with Crippen LogP contribution in [0.15, 0.2) is 212 Å². The van der Waals surface area contributed by atoms with Crippen molar-refractivity contribution in [1.29, 1.82) is 0 Å². The molecule has 272 valence electrons. The summed E-state index contributed by atoms with van der Waals surface area (Å²) < 4.78 is 2.43. The Morgan fingerprint density at radius 2 is 0.741 bits per heavy atom. The molecule has 0 saturated carbocycles. The summed E-state index contributed by atoms with van der Waals surface area (Å²) >= 11 is 0. The number of fused-ring (bicyclic) bond motifs is 7. The third-order valence-corrected chi connectivity index (χ3v) is 11.0. The average molecular weight is 742 g/mol. The van der Waals surface area contributed by atoms with Gasteiger partial charge in [0, 0.05) is 50.1 Å². The molecule has 3 heterocycles. The molecule has 0 radical (unpaired) electrons. The maximum atomic E-state index is 4.93. The molecule has 2 aromatic heterocycles. The van der Waals surface area contributed by atoms with Crippen LogP contribution in [-0.4, -0.2) is 19.5 Å². The second-order valence-corrected chi connectivity index (χ2v) is 14.4. The molecule has 0 spiro atoms. The first kappa shape index (κ1) is 33.4. The molecule has 0 amide bonds. The summed E-state index contributed by atoms with van der Waals surface area (Å²) in [5, 5.41) is 1.23. The van der Waals surface area contributed by atoms with Crippen molar-refractivity contribution < 1.29 is 0 Å². The molecule has 5 heteroatoms. The average Bonchev–Trinajstić information content (AvgIpc) is 3.59. The lowest BCUT2D eigenvalue weighted by Crippen LogP contribution is -2.11. The van der Waals surface area contributed by atoms with E-state index in [9.17, 15) is 0 Å². The van der Waals surface area contributed by atoms with Crippen molar-refractivity contribution >= 4 is 28.0 Å². The van der Waals surface area contributed by atoms with Crippen LogP contribution in [0.4, 0.5) is 17.1 Å². The Balaban J connectivity index is 0.987. The van der Waals surface area contributed by atoms with E-state index < -0.39 is 0 Å². The van der Waals surface area contributed by atoms with Gasteiger partial charge in [-0.3, -0.25) is 0 Å². The van der Waals surface area contributed by atoms with Crippen molar-refractivity contribution in [2.45, 2.75) is 0 Å². The lowest BCUT2D eigenvalue weighted by Gasteiger charge is -2.27. The van der Waals surface area contributed by atoms with Crippen molar-refractivity contribution in [1.82, 2.24) is 19.5 Å². The highest BCUT2D eigenvalue weighted by Gasteiger charge is 2.31. The standard InChI is InChI=1S/C53H35N5/c1-4-16-38(17-5-1)51-54-52(39-18-6-2-7-19-39)56-53(55-51)40-30-28-36(29-31-40)37-32-34-42(35-33-37)57-46-25-13-10-22-43(46)49-44-23-11-14-26-47(44)58(41-20-8-3-9-21-41)50(49)45-24-12-15-27-48(45)57/h1-35H. The van der Waals surface area contributed by atoms with E-state index in [1.54, 1.807) is 0 Å². The van der Waals surface area contributed by atoms with E-state index in [1.807, 2.05) is 60.7 Å². The molecule has 0 fully saturated rings. The Kier molecular flexibility index (Phi) is 8.07. The highest BCUT2D eigenvalue weighted by atomic mass is 15.2. The molecule has 58 heavy (non-hydrogen) atoms. The molecule has 1 aliphatic rings. The summed E-state index contributed by atoms with van der Waals surface area (Å²) in [6, 6.07) is 74.7. The minimum atomic E-state index is 0.641. The van der Waals surface area contributed by atoms with E-state index in [4.69, 9.17) is 15.0 Å². The first-order chi connectivity index (χ1) is 28.8. The van der Waals surface area contributed by atoms with E-state index >= 15 is 0 Å². The highest BCUT2D eigenvalue weighted by molar-refractivity contribution is 6.13. The lowest BCUT2D eigenvalue weighted by atomic mass is 9.98. The minimum absolute atomic E-state index is 0.641. The van der Waals surface area contributed by atoms with Crippen LogP contribution in [0.1, 0.15) is 0 Å². The Morgan fingerprint density at radius 1 is 0.310 bits per heavy atom. The van der Waals surface area contributed by atoms with Crippen molar-refractivity contribution in [2.75, 3.05) is 4.90 Å². The fraction of sp³-hybridized carbons (Fsp3) is 0. The van der Waals surface area contributed by atoms with E-state index in [-0.39, 0.29) is 0 Å². The smallest absolute Gasteiger partial charge is 0.164 e. The zero-order chi connectivity index (χ0) is 38.4. The summed E-state index contributed by atoms with van der Waals surface area (Å²) in [7, 11) is 0. The van der Waals surface area contributed by atoms with Gasteiger partial charge in [-0.25, -0.2) is 15.0 Å². The Labute approximate surface area is 336 Å². The van der Waals surface area contributed by atoms with Gasteiger partial charge in [0.1, 0.15) is 0 Å². The van der Waals surface area contributed by atoms with Crippen LogP contribution in [0.5, 0.6) is 0 Å². The van der Waals surface area contributed by atoms with Gasteiger partial charge in [0.15, 0.2) is 17.5 Å². The Morgan fingerprint density at radius 3 is 1.34 bits per heavy atom. The van der Waals surface area contributed by atoms with Gasteiger partial charge in [-0.1, -0.05) is 170 Å². The predicted molar refractivity (Wildman–Crippen MR) is 238 cm³/mol. The second kappa shape index (κ2) is 14.0. The van der Waals surface area contributed by atoms with Gasteiger partial charge in [-0.15, -0.1) is 0 Å². The number of rotatable bonds is 6. The molecule has 5 nitrogen and oxygen atoms in total. The SMILES string of the molecule is c1ccc(-c2nc(-c3ccccc3)nc(-c3ccc(-c4ccc(N5c6ccccc6-c6c(n(-c7ccccc7)c7ccccc67)-c6ccccc65)cc4)cc3)n2)cc1. The fourth-order valence-corrected chi connectivity index (χ4v) is 8.32. The molecule has 0 N–H and O–H groups in total. The second-order valence-electron chi connectivity index (χ2n) is 14.4. The normalized spacial score (nSPS) is 11.8. The number of hydrogen-bond acceptors (Lipinski definition) is 4. The first-order valence-corrected chi connectivity index (χ1v) is 19.5. The lowest BCUT2D eigenvalue weighted by molar-refractivity contribution is 1.07. The monoisotopic (exact) mass is 741 g/mol. The van der Waals surface area contributed by atoms with E-state index in [1.165, 1.54) is 33.3 Å². The minimum Gasteiger partial charge on any atom is -0.309 e. The third kappa shape index (κ3) is 5.68. The number of aromatic nitrogens is 4. The number of hydrogen-bond donors (Lipinski definition) is 0.